The molecule has 0 aliphatic rings. The molecular formula is C19H19BrClN3O4. The lowest BCUT2D eigenvalue weighted by Crippen LogP contribution is -2.24. The van der Waals surface area contributed by atoms with Crippen LogP contribution in [0, 0.1) is 10.1 Å². The molecule has 148 valence electrons. The van der Waals surface area contributed by atoms with Gasteiger partial charge in [-0.25, -0.2) is 5.43 Å². The van der Waals surface area contributed by atoms with E-state index in [1.807, 2.05) is 12.1 Å². The van der Waals surface area contributed by atoms with Gasteiger partial charge < -0.3 is 4.74 Å². The number of carbonyl (C=O) groups excluding carboxylic acids is 1. The van der Waals surface area contributed by atoms with Crippen LogP contribution < -0.4 is 10.2 Å². The van der Waals surface area contributed by atoms with Crippen LogP contribution in [0.2, 0.25) is 5.02 Å². The van der Waals surface area contributed by atoms with Gasteiger partial charge in [-0.15, -0.1) is 0 Å². The van der Waals surface area contributed by atoms with Gasteiger partial charge in [-0.05, 0) is 45.1 Å². The molecule has 28 heavy (non-hydrogen) atoms. The van der Waals surface area contributed by atoms with E-state index in [9.17, 15) is 14.9 Å². The normalized spacial score (nSPS) is 11.5. The van der Waals surface area contributed by atoms with E-state index in [-0.39, 0.29) is 22.7 Å². The minimum atomic E-state index is -0.539. The first kappa shape index (κ1) is 21.8. The van der Waals surface area contributed by atoms with Crippen molar-refractivity contribution in [2.24, 2.45) is 5.10 Å². The summed E-state index contributed by atoms with van der Waals surface area (Å²) in [5.41, 5.74) is 3.62. The predicted molar refractivity (Wildman–Crippen MR) is 112 cm³/mol. The van der Waals surface area contributed by atoms with Crippen LogP contribution in [0.5, 0.6) is 5.75 Å². The van der Waals surface area contributed by atoms with E-state index in [2.05, 4.69) is 47.2 Å². The Morgan fingerprint density at radius 3 is 2.64 bits per heavy atom. The van der Waals surface area contributed by atoms with Crippen LogP contribution >= 0.6 is 27.5 Å². The molecule has 7 nitrogen and oxygen atoms in total. The number of hydrogen-bond donors (Lipinski definition) is 1. The predicted octanol–water partition coefficient (Wildman–Crippen LogP) is 4.84. The molecule has 0 aliphatic carbocycles. The molecule has 9 heteroatoms. The Morgan fingerprint density at radius 1 is 1.32 bits per heavy atom. The maximum atomic E-state index is 11.9. The lowest BCUT2D eigenvalue weighted by atomic mass is 9.87. The van der Waals surface area contributed by atoms with Gasteiger partial charge in [-0.1, -0.05) is 38.4 Å². The fourth-order valence-corrected chi connectivity index (χ4v) is 2.84. The van der Waals surface area contributed by atoms with Crippen molar-refractivity contribution in [2.75, 3.05) is 6.61 Å². The highest BCUT2D eigenvalue weighted by molar-refractivity contribution is 9.10. The molecule has 0 fully saturated rings. The van der Waals surface area contributed by atoms with E-state index >= 15 is 0 Å². The summed E-state index contributed by atoms with van der Waals surface area (Å²) in [5.74, 6) is 0.0541. The zero-order valence-corrected chi connectivity index (χ0v) is 17.9. The quantitative estimate of drug-likeness (QED) is 0.373. The highest BCUT2D eigenvalue weighted by Crippen LogP contribution is 2.31. The van der Waals surface area contributed by atoms with E-state index in [0.717, 1.165) is 10.0 Å². The molecule has 0 unspecified atom stereocenters. The summed E-state index contributed by atoms with van der Waals surface area (Å²) >= 11 is 9.41. The number of hydrazone groups is 1. The molecule has 0 saturated heterocycles. The maximum Gasteiger partial charge on any atom is 0.277 e. The number of hydrogen-bond acceptors (Lipinski definition) is 5. The fourth-order valence-electron chi connectivity index (χ4n) is 2.18. The Morgan fingerprint density at radius 2 is 2.04 bits per heavy atom. The van der Waals surface area contributed by atoms with Gasteiger partial charge in [0.05, 0.1) is 15.6 Å². The van der Waals surface area contributed by atoms with Crippen molar-refractivity contribution in [3.05, 3.63) is 67.1 Å². The van der Waals surface area contributed by atoms with Crippen molar-refractivity contribution >= 4 is 45.3 Å². The molecule has 0 spiro atoms. The average molecular weight is 469 g/mol. The summed E-state index contributed by atoms with van der Waals surface area (Å²) in [7, 11) is 0. The van der Waals surface area contributed by atoms with Crippen molar-refractivity contribution in [1.29, 1.82) is 0 Å². The molecule has 1 N–H and O–H groups in total. The number of amides is 1. The highest BCUT2D eigenvalue weighted by atomic mass is 79.9. The Hall–Kier alpha value is -2.45. The van der Waals surface area contributed by atoms with Gasteiger partial charge in [0.2, 0.25) is 0 Å². The van der Waals surface area contributed by atoms with Crippen molar-refractivity contribution in [3.63, 3.8) is 0 Å². The number of carbonyl (C=O) groups is 1. The minimum Gasteiger partial charge on any atom is -0.483 e. The molecule has 2 aromatic rings. The molecule has 1 amide bonds. The number of ether oxygens (including phenoxy) is 1. The zero-order valence-electron chi connectivity index (χ0n) is 15.5. The van der Waals surface area contributed by atoms with Gasteiger partial charge in [0.25, 0.3) is 11.6 Å². The second-order valence-electron chi connectivity index (χ2n) is 6.94. The number of nitro benzene ring substituents is 1. The fraction of sp³-hybridized carbons (Fsp3) is 0.263. The second kappa shape index (κ2) is 9.16. The van der Waals surface area contributed by atoms with Crippen LogP contribution in [0.1, 0.15) is 31.9 Å². The minimum absolute atomic E-state index is 0.000917. The summed E-state index contributed by atoms with van der Waals surface area (Å²) < 4.78 is 6.24. The Bertz CT molecular complexity index is 926. The molecule has 0 heterocycles. The zero-order chi connectivity index (χ0) is 20.9. The Balaban J connectivity index is 1.94. The highest BCUT2D eigenvalue weighted by Gasteiger charge is 2.15. The maximum absolute atomic E-state index is 11.9. The molecule has 0 atom stereocenters. The van der Waals surface area contributed by atoms with Crippen LogP contribution in [0.15, 0.2) is 46.0 Å². The first-order valence-electron chi connectivity index (χ1n) is 8.26. The van der Waals surface area contributed by atoms with Gasteiger partial charge in [0.1, 0.15) is 5.75 Å². The molecule has 0 radical (unpaired) electrons. The molecule has 0 aromatic heterocycles. The first-order valence-corrected chi connectivity index (χ1v) is 9.43. The van der Waals surface area contributed by atoms with E-state index < -0.39 is 10.8 Å². The number of benzene rings is 2. The van der Waals surface area contributed by atoms with Gasteiger partial charge >= 0.3 is 0 Å². The SMILES string of the molecule is CC(C)(C)c1ccc(OCC(=O)N/N=C/c2cc([N+](=O)[O-])ccc2Cl)c(Br)c1. The number of rotatable bonds is 6. The standard InChI is InChI=1S/C19H19BrClN3O4/c1-19(2,3)13-4-7-17(15(20)9-13)28-11-18(25)23-22-10-12-8-14(24(26)27)5-6-16(12)21/h4-10H,11H2,1-3H3,(H,23,25)/b22-10+. The number of nitrogens with zero attached hydrogens (tertiary/aromatic N) is 2. The Labute approximate surface area is 176 Å². The van der Waals surface area contributed by atoms with E-state index in [1.54, 1.807) is 6.07 Å². The largest absolute Gasteiger partial charge is 0.483 e. The molecule has 2 aromatic carbocycles. The summed E-state index contributed by atoms with van der Waals surface area (Å²) in [6, 6.07) is 9.64. The third-order valence-corrected chi connectivity index (χ3v) is 4.70. The molecular weight excluding hydrogens is 450 g/mol. The lowest BCUT2D eigenvalue weighted by Gasteiger charge is -2.20. The van der Waals surface area contributed by atoms with E-state index in [1.165, 1.54) is 24.4 Å². The van der Waals surface area contributed by atoms with Crippen molar-refractivity contribution < 1.29 is 14.5 Å². The number of non-ortho nitro benzene ring substituents is 1. The summed E-state index contributed by atoms with van der Waals surface area (Å²) in [6.07, 6.45) is 1.24. The summed E-state index contributed by atoms with van der Waals surface area (Å²) in [4.78, 5) is 22.2. The third-order valence-electron chi connectivity index (χ3n) is 3.74. The van der Waals surface area contributed by atoms with Crippen LogP contribution in [0.25, 0.3) is 0 Å². The monoisotopic (exact) mass is 467 g/mol. The first-order chi connectivity index (χ1) is 13.1. The van der Waals surface area contributed by atoms with E-state index in [0.29, 0.717) is 11.3 Å². The smallest absolute Gasteiger partial charge is 0.277 e. The van der Waals surface area contributed by atoms with Crippen LogP contribution in [-0.4, -0.2) is 23.7 Å². The van der Waals surface area contributed by atoms with Crippen LogP contribution in [-0.2, 0) is 10.2 Å². The molecule has 0 aliphatic heterocycles. The topological polar surface area (TPSA) is 93.8 Å². The second-order valence-corrected chi connectivity index (χ2v) is 8.20. The van der Waals surface area contributed by atoms with Crippen molar-refractivity contribution in [1.82, 2.24) is 5.43 Å². The van der Waals surface area contributed by atoms with Gasteiger partial charge in [0, 0.05) is 22.7 Å². The Kier molecular flexibility index (Phi) is 7.15. The number of halogens is 2. The lowest BCUT2D eigenvalue weighted by molar-refractivity contribution is -0.384. The van der Waals surface area contributed by atoms with Crippen LogP contribution in [0.4, 0.5) is 5.69 Å². The van der Waals surface area contributed by atoms with Crippen molar-refractivity contribution in [2.45, 2.75) is 26.2 Å². The number of nitrogens with one attached hydrogen (secondary N) is 1. The van der Waals surface area contributed by atoms with E-state index in [4.69, 9.17) is 16.3 Å². The average Bonchev–Trinajstić information content (AvgIpc) is 2.61. The van der Waals surface area contributed by atoms with Gasteiger partial charge in [-0.3, -0.25) is 14.9 Å². The molecule has 2 rings (SSSR count). The summed E-state index contributed by atoms with van der Waals surface area (Å²) in [6.45, 7) is 6.07. The van der Waals surface area contributed by atoms with Crippen LogP contribution in [0.3, 0.4) is 0 Å². The van der Waals surface area contributed by atoms with Gasteiger partial charge in [0.15, 0.2) is 6.61 Å². The van der Waals surface area contributed by atoms with Crippen molar-refractivity contribution in [3.8, 4) is 5.75 Å². The molecule has 0 bridgehead atoms. The number of nitro groups is 1. The summed E-state index contributed by atoms with van der Waals surface area (Å²) in [5, 5.41) is 14.8. The molecule has 0 saturated carbocycles. The third kappa shape index (κ3) is 6.03. The van der Waals surface area contributed by atoms with Gasteiger partial charge in [-0.2, -0.15) is 5.10 Å².